The summed E-state index contributed by atoms with van der Waals surface area (Å²) in [5.74, 6) is -2.91. The quantitative estimate of drug-likeness (QED) is 0.203. The van der Waals surface area contributed by atoms with Crippen molar-refractivity contribution in [1.29, 1.82) is 0 Å². The van der Waals surface area contributed by atoms with Crippen LogP contribution in [-0.2, 0) is 35.3 Å². The van der Waals surface area contributed by atoms with Crippen LogP contribution < -0.4 is 21.3 Å². The fourth-order valence-electron chi connectivity index (χ4n) is 4.93. The molecule has 13 heteroatoms. The molecule has 0 bridgehead atoms. The smallest absolute Gasteiger partial charge is 0.325 e. The van der Waals surface area contributed by atoms with Crippen LogP contribution in [0.15, 0.2) is 24.4 Å². The summed E-state index contributed by atoms with van der Waals surface area (Å²) in [6.45, 7) is 10.5. The van der Waals surface area contributed by atoms with Gasteiger partial charge >= 0.3 is 12.0 Å². The minimum Gasteiger partial charge on any atom is -0.459 e. The van der Waals surface area contributed by atoms with Crippen LogP contribution in [0.25, 0.3) is 0 Å². The number of nitrogens with one attached hydrogen (secondary N) is 4. The second-order valence-electron chi connectivity index (χ2n) is 13.5. The maximum atomic E-state index is 13.8. The first-order chi connectivity index (χ1) is 20.5. The molecule has 4 N–H and O–H groups in total. The van der Waals surface area contributed by atoms with Crippen LogP contribution in [-0.4, -0.2) is 82.2 Å². The van der Waals surface area contributed by atoms with Crippen molar-refractivity contribution in [3.63, 3.8) is 0 Å². The lowest BCUT2D eigenvalue weighted by Crippen LogP contribution is -2.60. The molecule has 13 nitrogen and oxygen atoms in total. The highest BCUT2D eigenvalue weighted by Gasteiger charge is 2.43. The molecule has 242 valence electrons. The Hall–Kier alpha value is -4.03. The Bertz CT molecular complexity index is 1220. The van der Waals surface area contributed by atoms with Gasteiger partial charge in [0.15, 0.2) is 0 Å². The van der Waals surface area contributed by atoms with Gasteiger partial charge in [-0.2, -0.15) is 0 Å². The van der Waals surface area contributed by atoms with E-state index in [4.69, 9.17) is 4.74 Å². The minimum absolute atomic E-state index is 0.0763. The molecule has 1 saturated heterocycles. The lowest BCUT2D eigenvalue weighted by atomic mass is 9.85. The highest BCUT2D eigenvalue weighted by atomic mass is 16.6. The van der Waals surface area contributed by atoms with Crippen molar-refractivity contribution in [2.45, 2.75) is 104 Å². The number of urea groups is 1. The third-order valence-corrected chi connectivity index (χ3v) is 7.32. The SMILES string of the molecule is CC(C)(C)OC(=O)CNC(=O)NC(C(=O)N1CCC[C@H]1C(=O)NC(CC1CC1)C(=O)C(=O)NCc1ccccn1)C(C)(C)C. The van der Waals surface area contributed by atoms with Crippen molar-refractivity contribution in [1.82, 2.24) is 31.2 Å². The number of rotatable bonds is 12. The zero-order valence-electron chi connectivity index (χ0n) is 26.5. The topological polar surface area (TPSA) is 176 Å². The summed E-state index contributed by atoms with van der Waals surface area (Å²) >= 11 is 0. The van der Waals surface area contributed by atoms with E-state index in [0.29, 0.717) is 25.0 Å². The fraction of sp³-hybridized carbons (Fsp3) is 0.645. The fourth-order valence-corrected chi connectivity index (χ4v) is 4.93. The van der Waals surface area contributed by atoms with E-state index in [1.165, 1.54) is 4.90 Å². The number of amides is 5. The van der Waals surface area contributed by atoms with Crippen molar-refractivity contribution >= 4 is 35.5 Å². The van der Waals surface area contributed by atoms with Crippen molar-refractivity contribution in [3.8, 4) is 0 Å². The normalized spacial score (nSPS) is 18.0. The van der Waals surface area contributed by atoms with Crippen molar-refractivity contribution in [2.24, 2.45) is 11.3 Å². The summed E-state index contributed by atoms with van der Waals surface area (Å²) in [5.41, 5.74) is -0.854. The first-order valence-electron chi connectivity index (χ1n) is 15.1. The number of hydrogen-bond donors (Lipinski definition) is 4. The summed E-state index contributed by atoms with van der Waals surface area (Å²) in [6, 6.07) is 1.61. The third-order valence-electron chi connectivity index (χ3n) is 7.32. The number of aromatic nitrogens is 1. The van der Waals surface area contributed by atoms with E-state index in [1.54, 1.807) is 65.9 Å². The highest BCUT2D eigenvalue weighted by molar-refractivity contribution is 6.38. The number of esters is 1. The maximum absolute atomic E-state index is 13.8. The van der Waals surface area contributed by atoms with E-state index >= 15 is 0 Å². The van der Waals surface area contributed by atoms with Gasteiger partial charge in [0.2, 0.25) is 17.6 Å². The number of ketones is 1. The van der Waals surface area contributed by atoms with Crippen molar-refractivity contribution in [3.05, 3.63) is 30.1 Å². The first kappa shape index (κ1) is 34.5. The zero-order valence-corrected chi connectivity index (χ0v) is 26.5. The highest BCUT2D eigenvalue weighted by Crippen LogP contribution is 2.34. The van der Waals surface area contributed by atoms with Gasteiger partial charge in [0, 0.05) is 12.7 Å². The van der Waals surface area contributed by atoms with E-state index in [0.717, 1.165) is 12.8 Å². The maximum Gasteiger partial charge on any atom is 0.325 e. The number of carbonyl (C=O) groups is 6. The van der Waals surface area contributed by atoms with E-state index in [-0.39, 0.29) is 25.6 Å². The summed E-state index contributed by atoms with van der Waals surface area (Å²) in [5, 5.41) is 10.4. The van der Waals surface area contributed by atoms with Gasteiger partial charge in [-0.15, -0.1) is 0 Å². The van der Waals surface area contributed by atoms with Crippen LogP contribution in [0.3, 0.4) is 0 Å². The Morgan fingerprint density at radius 1 is 0.977 bits per heavy atom. The Balaban J connectivity index is 1.64. The Morgan fingerprint density at radius 2 is 1.68 bits per heavy atom. The Morgan fingerprint density at radius 3 is 2.27 bits per heavy atom. The number of Topliss-reactive ketones (excluding diaryl/α,β-unsaturated/α-hetero) is 1. The Labute approximate surface area is 258 Å². The molecule has 44 heavy (non-hydrogen) atoms. The molecule has 0 aromatic carbocycles. The number of ether oxygens (including phenoxy) is 1. The van der Waals surface area contributed by atoms with E-state index < -0.39 is 64.6 Å². The zero-order chi connectivity index (χ0) is 32.7. The van der Waals surface area contributed by atoms with Gasteiger partial charge in [0.25, 0.3) is 5.91 Å². The molecule has 1 aliphatic heterocycles. The molecule has 0 radical (unpaired) electrons. The van der Waals surface area contributed by atoms with Crippen LogP contribution >= 0.6 is 0 Å². The third kappa shape index (κ3) is 10.6. The predicted octanol–water partition coefficient (Wildman–Crippen LogP) is 1.60. The van der Waals surface area contributed by atoms with Gasteiger partial charge < -0.3 is 30.9 Å². The molecular weight excluding hydrogens is 568 g/mol. The van der Waals surface area contributed by atoms with Gasteiger partial charge in [-0.05, 0) is 63.5 Å². The van der Waals surface area contributed by atoms with Crippen LogP contribution in [0.5, 0.6) is 0 Å². The standard InChI is InChI=1S/C31H46N6O7/c1-30(2,3)25(36-29(43)34-18-23(38)44-31(4,5)6)28(42)37-15-9-11-22(37)26(40)35-21(16-19-12-13-19)24(39)27(41)33-17-20-10-7-8-14-32-20/h7-8,10,14,19,21-22,25H,9,11-13,15-18H2,1-6H3,(H,33,41)(H,35,40)(H2,34,36,43)/t21?,22-,25?/m0/s1. The molecule has 2 fully saturated rings. The monoisotopic (exact) mass is 614 g/mol. The number of pyridine rings is 1. The molecule has 1 aromatic rings. The summed E-state index contributed by atoms with van der Waals surface area (Å²) in [6.07, 6.45) is 4.68. The van der Waals surface area contributed by atoms with Crippen molar-refractivity contribution < 1.29 is 33.5 Å². The summed E-state index contributed by atoms with van der Waals surface area (Å²) in [7, 11) is 0. The Kier molecular flexibility index (Phi) is 11.5. The molecule has 3 rings (SSSR count). The molecule has 1 aromatic heterocycles. The van der Waals surface area contributed by atoms with E-state index in [2.05, 4.69) is 26.3 Å². The van der Waals surface area contributed by atoms with Crippen LogP contribution in [0, 0.1) is 11.3 Å². The predicted molar refractivity (Wildman–Crippen MR) is 161 cm³/mol. The minimum atomic E-state index is -1.02. The molecular formula is C31H46N6O7. The number of nitrogens with zero attached hydrogens (tertiary/aromatic N) is 2. The summed E-state index contributed by atoms with van der Waals surface area (Å²) in [4.78, 5) is 83.4. The molecule has 1 saturated carbocycles. The van der Waals surface area contributed by atoms with Gasteiger partial charge in [-0.3, -0.25) is 29.0 Å². The van der Waals surface area contributed by atoms with Gasteiger partial charge in [0.1, 0.15) is 24.2 Å². The average molecular weight is 615 g/mol. The lowest BCUT2D eigenvalue weighted by Gasteiger charge is -2.35. The summed E-state index contributed by atoms with van der Waals surface area (Å²) < 4.78 is 5.20. The van der Waals surface area contributed by atoms with E-state index in [1.807, 2.05) is 0 Å². The average Bonchev–Trinajstić information content (AvgIpc) is 3.62. The molecule has 2 unspecified atom stereocenters. The van der Waals surface area contributed by atoms with Gasteiger partial charge in [0.05, 0.1) is 18.3 Å². The first-order valence-corrected chi connectivity index (χ1v) is 15.1. The lowest BCUT2D eigenvalue weighted by molar-refractivity contribution is -0.153. The van der Waals surface area contributed by atoms with Crippen LogP contribution in [0.2, 0.25) is 0 Å². The van der Waals surface area contributed by atoms with Gasteiger partial charge in [-0.1, -0.05) is 39.7 Å². The van der Waals surface area contributed by atoms with Crippen LogP contribution in [0.4, 0.5) is 4.79 Å². The molecule has 5 amide bonds. The number of carbonyl (C=O) groups excluding carboxylic acids is 6. The second-order valence-corrected chi connectivity index (χ2v) is 13.5. The second kappa shape index (κ2) is 14.6. The van der Waals surface area contributed by atoms with Crippen LogP contribution in [0.1, 0.15) is 79.3 Å². The largest absolute Gasteiger partial charge is 0.459 e. The number of likely N-dealkylation sites (tertiary alicyclic amines) is 1. The van der Waals surface area contributed by atoms with Crippen molar-refractivity contribution in [2.75, 3.05) is 13.1 Å². The molecule has 1 aliphatic carbocycles. The van der Waals surface area contributed by atoms with Gasteiger partial charge in [-0.25, -0.2) is 4.79 Å². The molecule has 0 spiro atoms. The molecule has 2 heterocycles. The molecule has 3 atom stereocenters. The van der Waals surface area contributed by atoms with E-state index in [9.17, 15) is 28.8 Å². The number of hydrogen-bond acceptors (Lipinski definition) is 8. The molecule has 2 aliphatic rings.